The standard InChI is InChI=1S/C15H12FN3S/c1-10-2-7-13(16)14(8-10)19-15(20)18-12-5-3-11(9-17)4-6-12/h2-8H,1H3,(H2,18,19,20). The second kappa shape index (κ2) is 6.13. The third-order valence-corrected chi connectivity index (χ3v) is 2.85. The van der Waals surface area contributed by atoms with E-state index in [9.17, 15) is 4.39 Å². The van der Waals surface area contributed by atoms with E-state index in [-0.39, 0.29) is 5.82 Å². The monoisotopic (exact) mass is 285 g/mol. The van der Waals surface area contributed by atoms with Crippen LogP contribution in [0, 0.1) is 24.1 Å². The average molecular weight is 285 g/mol. The van der Waals surface area contributed by atoms with E-state index in [0.717, 1.165) is 11.3 Å². The second-order valence-corrected chi connectivity index (χ2v) is 4.66. The normalized spacial score (nSPS) is 9.65. The Morgan fingerprint density at radius 2 is 1.85 bits per heavy atom. The fourth-order valence-corrected chi connectivity index (χ4v) is 1.88. The number of benzene rings is 2. The Morgan fingerprint density at radius 1 is 1.15 bits per heavy atom. The highest BCUT2D eigenvalue weighted by molar-refractivity contribution is 7.80. The predicted octanol–water partition coefficient (Wildman–Crippen LogP) is 3.81. The molecular formula is C15H12FN3S. The van der Waals surface area contributed by atoms with Crippen molar-refractivity contribution in [1.29, 1.82) is 5.26 Å². The molecule has 20 heavy (non-hydrogen) atoms. The van der Waals surface area contributed by atoms with Crippen LogP contribution in [0.2, 0.25) is 0 Å². The smallest absolute Gasteiger partial charge is 0.175 e. The van der Waals surface area contributed by atoms with E-state index in [2.05, 4.69) is 10.6 Å². The van der Waals surface area contributed by atoms with E-state index in [0.29, 0.717) is 16.4 Å². The first-order chi connectivity index (χ1) is 9.58. The van der Waals surface area contributed by atoms with Crippen LogP contribution in [0.1, 0.15) is 11.1 Å². The Bertz CT molecular complexity index is 675. The van der Waals surface area contributed by atoms with Gasteiger partial charge in [-0.1, -0.05) is 6.07 Å². The van der Waals surface area contributed by atoms with E-state index < -0.39 is 0 Å². The van der Waals surface area contributed by atoms with Crippen LogP contribution in [-0.2, 0) is 0 Å². The van der Waals surface area contributed by atoms with Gasteiger partial charge in [0.05, 0.1) is 17.3 Å². The van der Waals surface area contributed by atoms with E-state index in [4.69, 9.17) is 17.5 Å². The SMILES string of the molecule is Cc1ccc(F)c(NC(=S)Nc2ccc(C#N)cc2)c1. The molecule has 0 unspecified atom stereocenters. The number of nitrogens with one attached hydrogen (secondary N) is 2. The molecule has 2 aromatic rings. The lowest BCUT2D eigenvalue weighted by molar-refractivity contribution is 0.632. The molecule has 0 aromatic heterocycles. The van der Waals surface area contributed by atoms with Gasteiger partial charge in [0.25, 0.3) is 0 Å². The van der Waals surface area contributed by atoms with Crippen LogP contribution in [-0.4, -0.2) is 5.11 Å². The van der Waals surface area contributed by atoms with Crippen molar-refractivity contribution in [3.05, 3.63) is 59.4 Å². The molecule has 0 bridgehead atoms. The topological polar surface area (TPSA) is 47.8 Å². The summed E-state index contributed by atoms with van der Waals surface area (Å²) in [6, 6.07) is 13.6. The molecule has 2 rings (SSSR count). The lowest BCUT2D eigenvalue weighted by Crippen LogP contribution is -2.19. The number of nitrogens with zero attached hydrogens (tertiary/aromatic N) is 1. The lowest BCUT2D eigenvalue weighted by Gasteiger charge is -2.11. The molecule has 0 heterocycles. The van der Waals surface area contributed by atoms with Gasteiger partial charge in [0, 0.05) is 5.69 Å². The van der Waals surface area contributed by atoms with Crippen LogP contribution in [0.4, 0.5) is 15.8 Å². The van der Waals surface area contributed by atoms with E-state index in [1.54, 1.807) is 36.4 Å². The molecule has 2 aromatic carbocycles. The number of anilines is 2. The summed E-state index contributed by atoms with van der Waals surface area (Å²) >= 11 is 5.13. The summed E-state index contributed by atoms with van der Waals surface area (Å²) in [4.78, 5) is 0. The average Bonchev–Trinajstić information content (AvgIpc) is 2.43. The van der Waals surface area contributed by atoms with E-state index in [1.807, 2.05) is 13.0 Å². The number of halogens is 1. The molecule has 0 aliphatic heterocycles. The van der Waals surface area contributed by atoms with Crippen LogP contribution in [0.5, 0.6) is 0 Å². The Kier molecular flexibility index (Phi) is 4.28. The first kappa shape index (κ1) is 14.0. The van der Waals surface area contributed by atoms with Crippen LogP contribution >= 0.6 is 12.2 Å². The van der Waals surface area contributed by atoms with Gasteiger partial charge in [-0.3, -0.25) is 0 Å². The summed E-state index contributed by atoms with van der Waals surface area (Å²) in [7, 11) is 0. The van der Waals surface area contributed by atoms with Crippen LogP contribution < -0.4 is 10.6 Å². The van der Waals surface area contributed by atoms with Gasteiger partial charge in [-0.05, 0) is 61.1 Å². The molecule has 0 aliphatic rings. The number of hydrogen-bond acceptors (Lipinski definition) is 2. The summed E-state index contributed by atoms with van der Waals surface area (Å²) in [6.07, 6.45) is 0. The third kappa shape index (κ3) is 3.53. The van der Waals surface area contributed by atoms with Crippen LogP contribution in [0.3, 0.4) is 0 Å². The van der Waals surface area contributed by atoms with E-state index in [1.165, 1.54) is 6.07 Å². The molecule has 0 radical (unpaired) electrons. The number of thiocarbonyl (C=S) groups is 1. The second-order valence-electron chi connectivity index (χ2n) is 4.25. The van der Waals surface area contributed by atoms with Gasteiger partial charge in [-0.15, -0.1) is 0 Å². The molecule has 2 N–H and O–H groups in total. The van der Waals surface area contributed by atoms with Crippen molar-refractivity contribution in [1.82, 2.24) is 0 Å². The van der Waals surface area contributed by atoms with Gasteiger partial charge in [-0.2, -0.15) is 5.26 Å². The number of nitriles is 1. The van der Waals surface area contributed by atoms with Gasteiger partial charge in [-0.25, -0.2) is 4.39 Å². The van der Waals surface area contributed by atoms with Crippen molar-refractivity contribution in [2.45, 2.75) is 6.92 Å². The zero-order chi connectivity index (χ0) is 14.5. The van der Waals surface area contributed by atoms with Crippen LogP contribution in [0.25, 0.3) is 0 Å². The fourth-order valence-electron chi connectivity index (χ4n) is 1.65. The van der Waals surface area contributed by atoms with Gasteiger partial charge in [0.2, 0.25) is 0 Å². The molecule has 5 heteroatoms. The quantitative estimate of drug-likeness (QED) is 0.824. The molecular weight excluding hydrogens is 273 g/mol. The Labute approximate surface area is 122 Å². The first-order valence-electron chi connectivity index (χ1n) is 5.93. The van der Waals surface area contributed by atoms with Crippen molar-refractivity contribution in [2.75, 3.05) is 10.6 Å². The van der Waals surface area contributed by atoms with Gasteiger partial charge >= 0.3 is 0 Å². The van der Waals surface area contributed by atoms with Gasteiger partial charge < -0.3 is 10.6 Å². The van der Waals surface area contributed by atoms with Crippen molar-refractivity contribution in [3.8, 4) is 6.07 Å². The van der Waals surface area contributed by atoms with Crippen molar-refractivity contribution in [3.63, 3.8) is 0 Å². The molecule has 0 spiro atoms. The summed E-state index contributed by atoms with van der Waals surface area (Å²) in [5.74, 6) is -0.362. The highest BCUT2D eigenvalue weighted by Gasteiger charge is 2.04. The molecule has 0 fully saturated rings. The summed E-state index contributed by atoms with van der Waals surface area (Å²) in [6.45, 7) is 1.88. The van der Waals surface area contributed by atoms with Gasteiger partial charge in [0.1, 0.15) is 5.82 Å². The minimum absolute atomic E-state index is 0.291. The highest BCUT2D eigenvalue weighted by atomic mass is 32.1. The summed E-state index contributed by atoms with van der Waals surface area (Å²) in [5.41, 5.74) is 2.57. The molecule has 0 aliphatic carbocycles. The van der Waals surface area contributed by atoms with Crippen molar-refractivity contribution < 1.29 is 4.39 Å². The van der Waals surface area contributed by atoms with Crippen molar-refractivity contribution >= 4 is 28.7 Å². The highest BCUT2D eigenvalue weighted by Crippen LogP contribution is 2.16. The fraction of sp³-hybridized carbons (Fsp3) is 0.0667. The largest absolute Gasteiger partial charge is 0.332 e. The molecule has 0 saturated carbocycles. The summed E-state index contributed by atoms with van der Waals surface area (Å²) in [5, 5.41) is 14.7. The first-order valence-corrected chi connectivity index (χ1v) is 6.33. The minimum Gasteiger partial charge on any atom is -0.332 e. The van der Waals surface area contributed by atoms with E-state index >= 15 is 0 Å². The van der Waals surface area contributed by atoms with Gasteiger partial charge in [0.15, 0.2) is 5.11 Å². The zero-order valence-electron chi connectivity index (χ0n) is 10.8. The maximum atomic E-state index is 13.6. The Balaban J connectivity index is 2.05. The zero-order valence-corrected chi connectivity index (χ0v) is 11.6. The number of rotatable bonds is 2. The Hall–Kier alpha value is -2.45. The van der Waals surface area contributed by atoms with Crippen molar-refractivity contribution in [2.24, 2.45) is 0 Å². The third-order valence-electron chi connectivity index (χ3n) is 2.64. The molecule has 0 atom stereocenters. The summed E-state index contributed by atoms with van der Waals surface area (Å²) < 4.78 is 13.6. The maximum Gasteiger partial charge on any atom is 0.175 e. The predicted molar refractivity (Wildman–Crippen MR) is 82.1 cm³/mol. The molecule has 0 amide bonds. The number of aryl methyl sites for hydroxylation is 1. The molecule has 0 saturated heterocycles. The minimum atomic E-state index is -0.362. The molecule has 3 nitrogen and oxygen atoms in total. The lowest BCUT2D eigenvalue weighted by atomic mass is 10.2. The van der Waals surface area contributed by atoms with Crippen LogP contribution in [0.15, 0.2) is 42.5 Å². The number of hydrogen-bond donors (Lipinski definition) is 2. The molecule has 100 valence electrons. The maximum absolute atomic E-state index is 13.6. The Morgan fingerprint density at radius 3 is 2.50 bits per heavy atom.